The summed E-state index contributed by atoms with van der Waals surface area (Å²) in [5.74, 6) is 0.269. The van der Waals surface area contributed by atoms with Crippen molar-refractivity contribution in [2.24, 2.45) is 5.73 Å². The molecule has 3 N–H and O–H groups in total. The smallest absolute Gasteiger partial charge is 0.267 e. The number of fused-ring (bicyclic) bond motifs is 1. The van der Waals surface area contributed by atoms with E-state index in [1.54, 1.807) is 36.4 Å². The fourth-order valence-electron chi connectivity index (χ4n) is 5.35. The second-order valence-electron chi connectivity index (χ2n) is 10.7. The molecule has 9 nitrogen and oxygen atoms in total. The molecule has 1 saturated carbocycles. The molecule has 2 aromatic heterocycles. The van der Waals surface area contributed by atoms with Crippen molar-refractivity contribution in [2.75, 3.05) is 0 Å². The van der Waals surface area contributed by atoms with Crippen molar-refractivity contribution in [3.05, 3.63) is 103 Å². The van der Waals surface area contributed by atoms with Crippen LogP contribution in [0.3, 0.4) is 0 Å². The van der Waals surface area contributed by atoms with Crippen LogP contribution < -0.4 is 10.5 Å². The fraction of sp³-hybridized carbons (Fsp3) is 0.219. The van der Waals surface area contributed by atoms with Crippen LogP contribution in [0.4, 0.5) is 0 Å². The number of rotatable bonds is 10. The Balaban J connectivity index is 1.38. The topological polar surface area (TPSA) is 137 Å². The number of nitrogens with two attached hydrogens (primary N) is 1. The predicted octanol–water partition coefficient (Wildman–Crippen LogP) is 6.76. The van der Waals surface area contributed by atoms with E-state index in [0.717, 1.165) is 48.2 Å². The van der Waals surface area contributed by atoms with Gasteiger partial charge in [-0.3, -0.25) is 9.59 Å². The molecule has 6 rings (SSSR count). The molecule has 0 radical (unpaired) electrons. The first-order valence-corrected chi connectivity index (χ1v) is 17.5. The van der Waals surface area contributed by atoms with Crippen LogP contribution in [0.25, 0.3) is 22.3 Å². The van der Waals surface area contributed by atoms with Crippen LogP contribution in [-0.4, -0.2) is 29.8 Å². The van der Waals surface area contributed by atoms with Gasteiger partial charge < -0.3 is 14.7 Å². The van der Waals surface area contributed by atoms with E-state index in [1.807, 2.05) is 45.4 Å². The number of furan rings is 1. The van der Waals surface area contributed by atoms with Gasteiger partial charge in [0, 0.05) is 33.4 Å². The minimum absolute atomic E-state index is 0.0120. The molecule has 1 aliphatic carbocycles. The summed E-state index contributed by atoms with van der Waals surface area (Å²) in [6.45, 7) is 2.48. The molecule has 2 heterocycles. The van der Waals surface area contributed by atoms with Crippen LogP contribution in [0.5, 0.6) is 0 Å². The molecule has 44 heavy (non-hydrogen) atoms. The number of nitrogens with zero attached hydrogens (tertiary/aromatic N) is 2. The van der Waals surface area contributed by atoms with Gasteiger partial charge in [-0.25, -0.2) is 18.1 Å². The lowest BCUT2D eigenvalue weighted by Gasteiger charge is -2.12. The van der Waals surface area contributed by atoms with Crippen LogP contribution in [0.2, 0.25) is 0 Å². The van der Waals surface area contributed by atoms with E-state index in [9.17, 15) is 18.0 Å². The highest BCUT2D eigenvalue weighted by Gasteiger charge is 2.33. The van der Waals surface area contributed by atoms with Crippen molar-refractivity contribution in [1.29, 1.82) is 0 Å². The maximum atomic E-state index is 13.5. The van der Waals surface area contributed by atoms with Gasteiger partial charge in [-0.15, -0.1) is 0 Å². The van der Waals surface area contributed by atoms with Gasteiger partial charge >= 0.3 is 0 Å². The molecule has 0 atom stereocenters. The maximum absolute atomic E-state index is 13.5. The van der Waals surface area contributed by atoms with Gasteiger partial charge in [0.1, 0.15) is 22.9 Å². The molecule has 12 heteroatoms. The third kappa shape index (κ3) is 5.82. The first-order valence-electron chi connectivity index (χ1n) is 14.1. The molecule has 3 aromatic carbocycles. The summed E-state index contributed by atoms with van der Waals surface area (Å²) in [5.41, 5.74) is 9.23. The molecule has 0 saturated heterocycles. The number of primary amides is 1. The molecule has 0 bridgehead atoms. The Labute approximate surface area is 276 Å². The summed E-state index contributed by atoms with van der Waals surface area (Å²) >= 11 is 5.70. The Morgan fingerprint density at radius 3 is 2.55 bits per heavy atom. The Kier molecular flexibility index (Phi) is 8.42. The summed E-state index contributed by atoms with van der Waals surface area (Å²) < 4.78 is 37.4. The average Bonchev–Trinajstić information content (AvgIpc) is 3.71. The van der Waals surface area contributed by atoms with E-state index in [-0.39, 0.29) is 16.4 Å². The molecule has 0 unspecified atom stereocenters. The zero-order chi connectivity index (χ0) is 31.2. The van der Waals surface area contributed by atoms with Crippen molar-refractivity contribution in [3.8, 4) is 11.3 Å². The highest BCUT2D eigenvalue weighted by molar-refractivity contribution is 14.1. The summed E-state index contributed by atoms with van der Waals surface area (Å²) in [6.07, 6.45) is 3.63. The summed E-state index contributed by atoms with van der Waals surface area (Å²) in [5, 5.41) is 0.764. The number of sulfonamides is 1. The first-order chi connectivity index (χ1) is 21.1. The van der Waals surface area contributed by atoms with E-state index in [1.165, 1.54) is 12.1 Å². The predicted molar refractivity (Wildman–Crippen MR) is 179 cm³/mol. The van der Waals surface area contributed by atoms with Gasteiger partial charge in [-0.05, 0) is 93.7 Å². The Morgan fingerprint density at radius 2 is 1.86 bits per heavy atom. The minimum atomic E-state index is -4.10. The van der Waals surface area contributed by atoms with Crippen molar-refractivity contribution in [1.82, 2.24) is 14.3 Å². The summed E-state index contributed by atoms with van der Waals surface area (Å²) in [6, 6.07) is 18.7. The van der Waals surface area contributed by atoms with Crippen LogP contribution in [-0.2, 0) is 23.0 Å². The number of hydrogen-bond acceptors (Lipinski definition) is 6. The Bertz CT molecular complexity index is 2030. The highest BCUT2D eigenvalue weighted by Crippen LogP contribution is 2.42. The van der Waals surface area contributed by atoms with Crippen molar-refractivity contribution in [2.45, 2.75) is 50.0 Å². The van der Waals surface area contributed by atoms with Gasteiger partial charge in [0.15, 0.2) is 0 Å². The molecule has 5 aromatic rings. The van der Waals surface area contributed by atoms with Crippen LogP contribution >= 0.6 is 38.5 Å². The molecule has 2 amide bonds. The molecular weight excluding hydrogens is 759 g/mol. The molecular formula is C32H28BrIN4O5S. The monoisotopic (exact) mass is 786 g/mol. The zero-order valence-electron chi connectivity index (χ0n) is 23.6. The van der Waals surface area contributed by atoms with E-state index in [4.69, 9.17) is 15.1 Å². The number of benzene rings is 3. The Morgan fingerprint density at radius 1 is 1.11 bits per heavy atom. The third-order valence-electron chi connectivity index (χ3n) is 7.54. The maximum Gasteiger partial charge on any atom is 0.267 e. The summed E-state index contributed by atoms with van der Waals surface area (Å²) in [4.78, 5) is 30.8. The van der Waals surface area contributed by atoms with Crippen molar-refractivity contribution < 1.29 is 22.4 Å². The Hall–Kier alpha value is -3.49. The SMILES string of the molecule is CCCc1nc(C2CC2)c(C(N)=O)n1Cc1ccc2oc(-c3cccc(I)c3C(=O)NS(=O)(=O)c3ccccc3)c(Br)c2c1. The largest absolute Gasteiger partial charge is 0.455 e. The second kappa shape index (κ2) is 12.1. The number of aryl methyl sites for hydroxylation is 1. The highest BCUT2D eigenvalue weighted by atomic mass is 127. The van der Waals surface area contributed by atoms with Gasteiger partial charge in [-0.2, -0.15) is 0 Å². The molecule has 226 valence electrons. The van der Waals surface area contributed by atoms with Gasteiger partial charge in [0.05, 0.1) is 20.6 Å². The number of carbonyl (C=O) groups excluding carboxylic acids is 2. The van der Waals surface area contributed by atoms with Crippen molar-refractivity contribution in [3.63, 3.8) is 0 Å². The number of hydrogen-bond donors (Lipinski definition) is 2. The van der Waals surface area contributed by atoms with Crippen molar-refractivity contribution >= 4 is 71.3 Å². The number of amides is 2. The van der Waals surface area contributed by atoms with Crippen LogP contribution in [0.1, 0.15) is 70.0 Å². The van der Waals surface area contributed by atoms with Gasteiger partial charge in [0.25, 0.3) is 21.8 Å². The quantitative estimate of drug-likeness (QED) is 0.150. The zero-order valence-corrected chi connectivity index (χ0v) is 28.2. The molecule has 1 fully saturated rings. The summed E-state index contributed by atoms with van der Waals surface area (Å²) in [7, 11) is -4.10. The van der Waals surface area contributed by atoms with E-state index >= 15 is 0 Å². The lowest BCUT2D eigenvalue weighted by atomic mass is 10.0. The normalized spacial score (nSPS) is 13.3. The lowest BCUT2D eigenvalue weighted by Crippen LogP contribution is -2.31. The standard InChI is InChI=1S/C32H28BrIN4O5S/c1-2-7-25-36-28(19-13-14-19)29(31(35)39)38(25)17-18-12-15-24-22(16-18)27(33)30(43-24)21-10-6-11-23(34)26(21)32(40)37-44(41,42)20-8-4-3-5-9-20/h3-6,8-12,15-16,19H,2,7,13-14,17H2,1H3,(H2,35,39)(H,37,40). The first kappa shape index (κ1) is 30.5. The number of imidazole rings is 1. The van der Waals surface area contributed by atoms with Crippen LogP contribution in [0, 0.1) is 3.57 Å². The number of nitrogens with one attached hydrogen (secondary N) is 1. The third-order valence-corrected chi connectivity index (χ3v) is 10.6. The lowest BCUT2D eigenvalue weighted by molar-refractivity contribution is 0.0976. The van der Waals surface area contributed by atoms with Crippen LogP contribution in [0.15, 0.2) is 80.5 Å². The molecule has 0 spiro atoms. The average molecular weight is 787 g/mol. The minimum Gasteiger partial charge on any atom is -0.455 e. The van der Waals surface area contributed by atoms with Gasteiger partial charge in [0.2, 0.25) is 0 Å². The number of aromatic nitrogens is 2. The molecule has 1 aliphatic rings. The van der Waals surface area contributed by atoms with E-state index in [2.05, 4.69) is 27.6 Å². The fourth-order valence-corrected chi connectivity index (χ4v) is 7.68. The number of carbonyl (C=O) groups is 2. The second-order valence-corrected chi connectivity index (χ2v) is 14.4. The van der Waals surface area contributed by atoms with E-state index in [0.29, 0.717) is 37.2 Å². The van der Waals surface area contributed by atoms with E-state index < -0.39 is 21.8 Å². The number of halogens is 2. The molecule has 0 aliphatic heterocycles. The van der Waals surface area contributed by atoms with Gasteiger partial charge in [-0.1, -0.05) is 43.3 Å².